The van der Waals surface area contributed by atoms with Crippen LogP contribution in [0.3, 0.4) is 0 Å². The molecule has 0 saturated heterocycles. The van der Waals surface area contributed by atoms with Crippen molar-refractivity contribution in [2.24, 2.45) is 11.7 Å². The highest BCUT2D eigenvalue weighted by Gasteiger charge is 2.10. The second-order valence-corrected chi connectivity index (χ2v) is 4.40. The molecule has 0 aliphatic rings. The minimum Gasteiger partial charge on any atom is -0.496 e. The molecule has 0 spiro atoms. The zero-order chi connectivity index (χ0) is 12.1. The molecule has 1 aromatic rings. The van der Waals surface area contributed by atoms with E-state index in [0.29, 0.717) is 5.92 Å². The monoisotopic (exact) mass is 225 g/mol. The summed E-state index contributed by atoms with van der Waals surface area (Å²) in [5, 5.41) is 0. The first-order chi connectivity index (χ1) is 7.54. The Morgan fingerprint density at radius 2 is 2.06 bits per heavy atom. The summed E-state index contributed by atoms with van der Waals surface area (Å²) in [6.45, 7) is 4.18. The molecule has 0 aliphatic carbocycles. The molecule has 0 aromatic heterocycles. The van der Waals surface area contributed by atoms with Gasteiger partial charge in [0.15, 0.2) is 0 Å². The molecule has 1 aromatic carbocycles. The van der Waals surface area contributed by atoms with Crippen molar-refractivity contribution in [1.82, 2.24) is 0 Å². The van der Waals surface area contributed by atoms with E-state index in [0.717, 1.165) is 24.2 Å². The van der Waals surface area contributed by atoms with Crippen LogP contribution >= 0.6 is 0 Å². The van der Waals surface area contributed by atoms with Crippen molar-refractivity contribution in [2.75, 3.05) is 7.11 Å². The average molecular weight is 225 g/mol. The molecule has 90 valence electrons. The van der Waals surface area contributed by atoms with Gasteiger partial charge in [-0.2, -0.15) is 0 Å². The van der Waals surface area contributed by atoms with Crippen molar-refractivity contribution < 1.29 is 9.13 Å². The van der Waals surface area contributed by atoms with Gasteiger partial charge in [-0.3, -0.25) is 0 Å². The summed E-state index contributed by atoms with van der Waals surface area (Å²) < 4.78 is 18.3. The Kier molecular flexibility index (Phi) is 4.74. The number of nitrogens with two attached hydrogens (primary N) is 1. The molecule has 1 atom stereocenters. The van der Waals surface area contributed by atoms with Gasteiger partial charge in [0.05, 0.1) is 7.11 Å². The van der Waals surface area contributed by atoms with E-state index in [1.807, 2.05) is 0 Å². The lowest BCUT2D eigenvalue weighted by Crippen LogP contribution is -2.26. The summed E-state index contributed by atoms with van der Waals surface area (Å²) in [7, 11) is 1.60. The Bertz CT molecular complexity index is 339. The summed E-state index contributed by atoms with van der Waals surface area (Å²) in [5.74, 6) is 0.950. The molecule has 0 fully saturated rings. The van der Waals surface area contributed by atoms with Crippen molar-refractivity contribution in [3.63, 3.8) is 0 Å². The second-order valence-electron chi connectivity index (χ2n) is 4.40. The van der Waals surface area contributed by atoms with Crippen LogP contribution in [0.15, 0.2) is 18.2 Å². The molecule has 0 heterocycles. The van der Waals surface area contributed by atoms with E-state index in [1.165, 1.54) is 12.1 Å². The molecular formula is C13H20FNO. The predicted octanol–water partition coefficient (Wildman–Crippen LogP) is 2.75. The standard InChI is InChI=1S/C13H20FNO/c1-9(2)12(15)6-4-10-8-11(14)5-7-13(10)16-3/h5,7-9,12H,4,6,15H2,1-3H3. The number of ether oxygens (including phenoxy) is 1. The van der Waals surface area contributed by atoms with E-state index in [2.05, 4.69) is 13.8 Å². The van der Waals surface area contributed by atoms with E-state index < -0.39 is 0 Å². The molecular weight excluding hydrogens is 205 g/mol. The van der Waals surface area contributed by atoms with Crippen LogP contribution in [0.4, 0.5) is 4.39 Å². The first-order valence-corrected chi connectivity index (χ1v) is 5.62. The number of halogens is 1. The number of rotatable bonds is 5. The molecule has 0 bridgehead atoms. The fourth-order valence-electron chi connectivity index (χ4n) is 1.60. The highest BCUT2D eigenvalue weighted by molar-refractivity contribution is 5.34. The Balaban J connectivity index is 2.68. The Morgan fingerprint density at radius 1 is 1.38 bits per heavy atom. The zero-order valence-electron chi connectivity index (χ0n) is 10.2. The topological polar surface area (TPSA) is 35.2 Å². The van der Waals surface area contributed by atoms with Crippen LogP contribution in [0.5, 0.6) is 5.75 Å². The summed E-state index contributed by atoms with van der Waals surface area (Å²) in [4.78, 5) is 0. The van der Waals surface area contributed by atoms with Crippen molar-refractivity contribution in [2.45, 2.75) is 32.7 Å². The first kappa shape index (κ1) is 13.0. The molecule has 3 heteroatoms. The lowest BCUT2D eigenvalue weighted by atomic mass is 9.97. The van der Waals surface area contributed by atoms with Gasteiger partial charge in [0, 0.05) is 6.04 Å². The quantitative estimate of drug-likeness (QED) is 0.836. The molecule has 0 radical (unpaired) electrons. The van der Waals surface area contributed by atoms with Crippen LogP contribution in [0.1, 0.15) is 25.8 Å². The largest absolute Gasteiger partial charge is 0.496 e. The van der Waals surface area contributed by atoms with Gasteiger partial charge in [-0.15, -0.1) is 0 Å². The smallest absolute Gasteiger partial charge is 0.123 e. The van der Waals surface area contributed by atoms with Gasteiger partial charge < -0.3 is 10.5 Å². The van der Waals surface area contributed by atoms with Gasteiger partial charge in [0.25, 0.3) is 0 Å². The molecule has 16 heavy (non-hydrogen) atoms. The summed E-state index contributed by atoms with van der Waals surface area (Å²) in [6.07, 6.45) is 1.59. The van der Waals surface area contributed by atoms with E-state index in [1.54, 1.807) is 13.2 Å². The molecule has 1 rings (SSSR count). The van der Waals surface area contributed by atoms with Gasteiger partial charge in [0.2, 0.25) is 0 Å². The number of aryl methyl sites for hydroxylation is 1. The minimum absolute atomic E-state index is 0.146. The Morgan fingerprint density at radius 3 is 2.62 bits per heavy atom. The van der Waals surface area contributed by atoms with Gasteiger partial charge in [-0.05, 0) is 42.5 Å². The first-order valence-electron chi connectivity index (χ1n) is 5.62. The van der Waals surface area contributed by atoms with Crippen molar-refractivity contribution in [3.05, 3.63) is 29.6 Å². The fraction of sp³-hybridized carbons (Fsp3) is 0.538. The number of benzene rings is 1. The zero-order valence-corrected chi connectivity index (χ0v) is 10.2. The molecule has 2 N–H and O–H groups in total. The third-order valence-electron chi connectivity index (χ3n) is 2.85. The van der Waals surface area contributed by atoms with E-state index >= 15 is 0 Å². The van der Waals surface area contributed by atoms with Gasteiger partial charge in [0.1, 0.15) is 11.6 Å². The van der Waals surface area contributed by atoms with E-state index in [9.17, 15) is 4.39 Å². The Hall–Kier alpha value is -1.09. The van der Waals surface area contributed by atoms with Crippen LogP contribution in [-0.4, -0.2) is 13.2 Å². The van der Waals surface area contributed by atoms with Crippen LogP contribution in [0, 0.1) is 11.7 Å². The number of methoxy groups -OCH3 is 1. The van der Waals surface area contributed by atoms with Gasteiger partial charge in [-0.25, -0.2) is 4.39 Å². The fourth-order valence-corrected chi connectivity index (χ4v) is 1.60. The van der Waals surface area contributed by atoms with Gasteiger partial charge in [-0.1, -0.05) is 13.8 Å². The number of hydrogen-bond donors (Lipinski definition) is 1. The molecule has 0 aliphatic heterocycles. The van der Waals surface area contributed by atoms with Crippen LogP contribution < -0.4 is 10.5 Å². The van der Waals surface area contributed by atoms with Crippen molar-refractivity contribution >= 4 is 0 Å². The summed E-state index contributed by atoms with van der Waals surface area (Å²) in [6, 6.07) is 4.73. The number of hydrogen-bond acceptors (Lipinski definition) is 2. The Labute approximate surface area is 96.6 Å². The van der Waals surface area contributed by atoms with Gasteiger partial charge >= 0.3 is 0 Å². The second kappa shape index (κ2) is 5.85. The van der Waals surface area contributed by atoms with Crippen molar-refractivity contribution in [1.29, 1.82) is 0 Å². The molecule has 0 saturated carbocycles. The highest BCUT2D eigenvalue weighted by atomic mass is 19.1. The van der Waals surface area contributed by atoms with Crippen molar-refractivity contribution in [3.8, 4) is 5.75 Å². The SMILES string of the molecule is COc1ccc(F)cc1CCC(N)C(C)C. The maximum atomic E-state index is 13.1. The van der Waals surface area contributed by atoms with Crippen LogP contribution in [0.2, 0.25) is 0 Å². The van der Waals surface area contributed by atoms with Crippen LogP contribution in [0.25, 0.3) is 0 Å². The lowest BCUT2D eigenvalue weighted by Gasteiger charge is -2.16. The third-order valence-corrected chi connectivity index (χ3v) is 2.85. The summed E-state index contributed by atoms with van der Waals surface area (Å²) in [5.41, 5.74) is 6.85. The summed E-state index contributed by atoms with van der Waals surface area (Å²) >= 11 is 0. The molecule has 0 amide bonds. The molecule has 1 unspecified atom stereocenters. The maximum Gasteiger partial charge on any atom is 0.123 e. The van der Waals surface area contributed by atoms with E-state index in [-0.39, 0.29) is 11.9 Å². The lowest BCUT2D eigenvalue weighted by molar-refractivity contribution is 0.403. The third kappa shape index (κ3) is 3.49. The average Bonchev–Trinajstić information content (AvgIpc) is 2.25. The molecule has 2 nitrogen and oxygen atoms in total. The maximum absolute atomic E-state index is 13.1. The predicted molar refractivity (Wildman–Crippen MR) is 64.1 cm³/mol. The minimum atomic E-state index is -0.228. The van der Waals surface area contributed by atoms with Crippen LogP contribution in [-0.2, 0) is 6.42 Å². The normalized spacial score (nSPS) is 12.9. The highest BCUT2D eigenvalue weighted by Crippen LogP contribution is 2.21. The van der Waals surface area contributed by atoms with E-state index in [4.69, 9.17) is 10.5 Å².